The van der Waals surface area contributed by atoms with Gasteiger partial charge in [-0.2, -0.15) is 0 Å². The van der Waals surface area contributed by atoms with Gasteiger partial charge in [0, 0.05) is 50.2 Å². The van der Waals surface area contributed by atoms with Crippen LogP contribution in [0.15, 0.2) is 42.7 Å². The number of likely N-dealkylation sites (tertiary alicyclic amines) is 1. The van der Waals surface area contributed by atoms with Crippen LogP contribution in [-0.4, -0.2) is 45.2 Å². The fourth-order valence-electron chi connectivity index (χ4n) is 2.72. The first kappa shape index (κ1) is 15.9. The number of anilines is 1. The molecule has 4 N–H and O–H groups in total. The van der Waals surface area contributed by atoms with Gasteiger partial charge < -0.3 is 16.2 Å². The molecule has 0 unspecified atom stereocenters. The lowest BCUT2D eigenvalue weighted by atomic mass is 10.0. The van der Waals surface area contributed by atoms with Gasteiger partial charge in [0.15, 0.2) is 0 Å². The van der Waals surface area contributed by atoms with Crippen molar-refractivity contribution in [2.75, 3.05) is 18.4 Å². The van der Waals surface area contributed by atoms with Crippen molar-refractivity contribution in [1.29, 1.82) is 0 Å². The number of rotatable bonds is 5. The summed E-state index contributed by atoms with van der Waals surface area (Å²) in [5.74, 6) is 0.623. The van der Waals surface area contributed by atoms with Crippen LogP contribution in [0.5, 0.6) is 0 Å². The smallest absolute Gasteiger partial charge is 0.222 e. The summed E-state index contributed by atoms with van der Waals surface area (Å²) in [6, 6.07) is 10.0. The van der Waals surface area contributed by atoms with E-state index < -0.39 is 6.10 Å². The van der Waals surface area contributed by atoms with E-state index in [1.165, 1.54) is 5.56 Å². The van der Waals surface area contributed by atoms with Gasteiger partial charge in [0.05, 0.1) is 6.10 Å². The van der Waals surface area contributed by atoms with Crippen LogP contribution < -0.4 is 11.1 Å². The largest absolute Gasteiger partial charge is 0.390 e. The molecule has 0 radical (unpaired) electrons. The number of nitrogens with two attached hydrogens (primary N) is 1. The van der Waals surface area contributed by atoms with Gasteiger partial charge in [0.1, 0.15) is 0 Å². The molecule has 3 rings (SSSR count). The van der Waals surface area contributed by atoms with Gasteiger partial charge in [-0.1, -0.05) is 30.3 Å². The number of nitrogens with one attached hydrogen (secondary N) is 1. The Hall–Kier alpha value is -2.02. The molecule has 1 aromatic heterocycles. The Balaban J connectivity index is 1.51. The number of hydrogen-bond acceptors (Lipinski definition) is 6. The fraction of sp³-hybridized carbons (Fsp3) is 0.412. The molecule has 1 saturated heterocycles. The van der Waals surface area contributed by atoms with Crippen molar-refractivity contribution in [3.05, 3.63) is 53.9 Å². The molecule has 0 aliphatic carbocycles. The number of piperidine rings is 1. The zero-order valence-electron chi connectivity index (χ0n) is 13.1. The van der Waals surface area contributed by atoms with E-state index in [-0.39, 0.29) is 6.04 Å². The molecule has 2 atom stereocenters. The number of β-amino-alcohol motifs (C(OH)–C–C–N with tert-alkyl or cyclic N) is 1. The van der Waals surface area contributed by atoms with Gasteiger partial charge in [0.2, 0.25) is 5.95 Å². The molecule has 1 aliphatic rings. The highest BCUT2D eigenvalue weighted by atomic mass is 16.3. The molecule has 1 aliphatic heterocycles. The standard InChI is InChI=1S/C17H23N5O/c18-15-6-7-22(12-16(15)23)11-14-9-20-17(21-10-14)19-8-13-4-2-1-3-5-13/h1-5,9-10,15-16,23H,6-8,11-12,18H2,(H,19,20,21)/t15-,16-/m1/s1. The van der Waals surface area contributed by atoms with Crippen molar-refractivity contribution in [1.82, 2.24) is 14.9 Å². The maximum Gasteiger partial charge on any atom is 0.222 e. The zero-order valence-corrected chi connectivity index (χ0v) is 13.1. The number of hydrogen-bond donors (Lipinski definition) is 3. The van der Waals surface area contributed by atoms with Gasteiger partial charge >= 0.3 is 0 Å². The lowest BCUT2D eigenvalue weighted by Gasteiger charge is -2.33. The van der Waals surface area contributed by atoms with Crippen LogP contribution in [0, 0.1) is 0 Å². The van der Waals surface area contributed by atoms with Crippen molar-refractivity contribution >= 4 is 5.95 Å². The van der Waals surface area contributed by atoms with Crippen molar-refractivity contribution in [2.24, 2.45) is 5.73 Å². The summed E-state index contributed by atoms with van der Waals surface area (Å²) >= 11 is 0. The summed E-state index contributed by atoms with van der Waals surface area (Å²) in [6.45, 7) is 2.94. The number of aliphatic hydroxyl groups is 1. The minimum absolute atomic E-state index is 0.105. The molecular formula is C17H23N5O. The van der Waals surface area contributed by atoms with Crippen molar-refractivity contribution in [3.63, 3.8) is 0 Å². The molecule has 6 heteroatoms. The SMILES string of the molecule is N[C@@H]1CCN(Cc2cnc(NCc3ccccc3)nc2)C[C@H]1O. The molecule has 0 spiro atoms. The van der Waals surface area contributed by atoms with Gasteiger partial charge in [0.25, 0.3) is 0 Å². The van der Waals surface area contributed by atoms with E-state index in [0.717, 1.165) is 25.1 Å². The van der Waals surface area contributed by atoms with Gasteiger partial charge in [-0.25, -0.2) is 9.97 Å². The second-order valence-electron chi connectivity index (χ2n) is 6.01. The summed E-state index contributed by atoms with van der Waals surface area (Å²) in [6.07, 6.45) is 4.04. The Kier molecular flexibility index (Phi) is 5.17. The van der Waals surface area contributed by atoms with Crippen molar-refractivity contribution < 1.29 is 5.11 Å². The van der Waals surface area contributed by atoms with Crippen LogP contribution in [0.4, 0.5) is 5.95 Å². The summed E-state index contributed by atoms with van der Waals surface area (Å²) in [7, 11) is 0. The maximum absolute atomic E-state index is 9.84. The van der Waals surface area contributed by atoms with Crippen LogP contribution in [0.1, 0.15) is 17.5 Å². The van der Waals surface area contributed by atoms with Crippen LogP contribution in [0.2, 0.25) is 0 Å². The number of aromatic nitrogens is 2. The number of aliphatic hydroxyl groups excluding tert-OH is 1. The molecule has 2 aromatic rings. The summed E-state index contributed by atoms with van der Waals surface area (Å²) in [5.41, 5.74) is 8.06. The highest BCUT2D eigenvalue weighted by Gasteiger charge is 2.24. The molecule has 23 heavy (non-hydrogen) atoms. The number of nitrogens with zero attached hydrogens (tertiary/aromatic N) is 3. The Morgan fingerprint density at radius 2 is 1.91 bits per heavy atom. The van der Waals surface area contributed by atoms with Crippen LogP contribution in [0.3, 0.4) is 0 Å². The van der Waals surface area contributed by atoms with Crippen LogP contribution in [0.25, 0.3) is 0 Å². The summed E-state index contributed by atoms with van der Waals surface area (Å²) < 4.78 is 0. The second-order valence-corrected chi connectivity index (χ2v) is 6.01. The average molecular weight is 313 g/mol. The Labute approximate surface area is 136 Å². The summed E-state index contributed by atoms with van der Waals surface area (Å²) in [4.78, 5) is 10.9. The zero-order chi connectivity index (χ0) is 16.1. The van der Waals surface area contributed by atoms with E-state index in [2.05, 4.69) is 32.3 Å². The van der Waals surface area contributed by atoms with E-state index in [1.807, 2.05) is 30.6 Å². The molecule has 1 aromatic carbocycles. The lowest BCUT2D eigenvalue weighted by molar-refractivity contribution is 0.0498. The Bertz CT molecular complexity index is 604. The molecule has 0 amide bonds. The monoisotopic (exact) mass is 313 g/mol. The molecule has 122 valence electrons. The molecule has 2 heterocycles. The molecule has 1 fully saturated rings. The normalized spacial score (nSPS) is 22.0. The molecule has 0 saturated carbocycles. The highest BCUT2D eigenvalue weighted by Crippen LogP contribution is 2.13. The first-order chi connectivity index (χ1) is 11.2. The van der Waals surface area contributed by atoms with Gasteiger partial charge in [-0.15, -0.1) is 0 Å². The molecule has 6 nitrogen and oxygen atoms in total. The lowest BCUT2D eigenvalue weighted by Crippen LogP contribution is -2.50. The topological polar surface area (TPSA) is 87.3 Å². The Morgan fingerprint density at radius 1 is 1.17 bits per heavy atom. The van der Waals surface area contributed by atoms with Gasteiger partial charge in [-0.05, 0) is 12.0 Å². The molecular weight excluding hydrogens is 290 g/mol. The van der Waals surface area contributed by atoms with Crippen molar-refractivity contribution in [3.8, 4) is 0 Å². The highest BCUT2D eigenvalue weighted by molar-refractivity contribution is 5.27. The van der Waals surface area contributed by atoms with E-state index >= 15 is 0 Å². The summed E-state index contributed by atoms with van der Waals surface area (Å²) in [5, 5.41) is 13.1. The third kappa shape index (κ3) is 4.48. The predicted octanol–water partition coefficient (Wildman–Crippen LogP) is 0.983. The van der Waals surface area contributed by atoms with E-state index in [1.54, 1.807) is 0 Å². The maximum atomic E-state index is 9.84. The number of benzene rings is 1. The van der Waals surface area contributed by atoms with Crippen LogP contribution >= 0.6 is 0 Å². The van der Waals surface area contributed by atoms with E-state index in [0.29, 0.717) is 19.0 Å². The Morgan fingerprint density at radius 3 is 2.61 bits per heavy atom. The first-order valence-corrected chi connectivity index (χ1v) is 7.95. The minimum atomic E-state index is -0.448. The van der Waals surface area contributed by atoms with Gasteiger partial charge in [-0.3, -0.25) is 4.90 Å². The first-order valence-electron chi connectivity index (χ1n) is 7.95. The minimum Gasteiger partial charge on any atom is -0.390 e. The average Bonchev–Trinajstić information content (AvgIpc) is 2.58. The van der Waals surface area contributed by atoms with Crippen molar-refractivity contribution in [2.45, 2.75) is 31.7 Å². The second kappa shape index (κ2) is 7.50. The van der Waals surface area contributed by atoms with E-state index in [9.17, 15) is 5.11 Å². The quantitative estimate of drug-likeness (QED) is 0.763. The third-order valence-electron chi connectivity index (χ3n) is 4.12. The third-order valence-corrected chi connectivity index (χ3v) is 4.12. The molecule has 0 bridgehead atoms. The van der Waals surface area contributed by atoms with E-state index in [4.69, 9.17) is 5.73 Å². The van der Waals surface area contributed by atoms with Crippen LogP contribution in [-0.2, 0) is 13.1 Å². The fourth-order valence-corrected chi connectivity index (χ4v) is 2.72. The predicted molar refractivity (Wildman–Crippen MR) is 89.7 cm³/mol.